The van der Waals surface area contributed by atoms with Gasteiger partial charge in [-0.3, -0.25) is 9.71 Å². The van der Waals surface area contributed by atoms with Crippen molar-refractivity contribution in [2.24, 2.45) is 4.99 Å². The zero-order valence-electron chi connectivity index (χ0n) is 11.2. The van der Waals surface area contributed by atoms with Gasteiger partial charge in [0, 0.05) is 24.3 Å². The first-order valence-electron chi connectivity index (χ1n) is 6.60. The molecular formula is C14H15N3O2S2. The summed E-state index contributed by atoms with van der Waals surface area (Å²) in [7, 11) is -3.51. The second kappa shape index (κ2) is 5.87. The maximum Gasteiger partial charge on any atom is 0.271 e. The van der Waals surface area contributed by atoms with E-state index in [-0.39, 0.29) is 0 Å². The van der Waals surface area contributed by atoms with Gasteiger partial charge in [-0.15, -0.1) is 11.3 Å². The van der Waals surface area contributed by atoms with Crippen LogP contribution in [0.15, 0.2) is 51.0 Å². The first kappa shape index (κ1) is 14.1. The Hall–Kier alpha value is -1.86. The Kier molecular flexibility index (Phi) is 3.94. The van der Waals surface area contributed by atoms with Crippen molar-refractivity contribution in [3.05, 3.63) is 47.3 Å². The molecule has 0 aliphatic carbocycles. The van der Waals surface area contributed by atoms with Crippen LogP contribution in [0.25, 0.3) is 0 Å². The van der Waals surface area contributed by atoms with Crippen LogP contribution in [0.4, 0.5) is 5.69 Å². The van der Waals surface area contributed by atoms with E-state index in [9.17, 15) is 8.42 Å². The third kappa shape index (κ3) is 3.25. The summed E-state index contributed by atoms with van der Waals surface area (Å²) in [4.78, 5) is 4.42. The average molecular weight is 321 g/mol. The van der Waals surface area contributed by atoms with Crippen LogP contribution in [0.2, 0.25) is 0 Å². The Labute approximate surface area is 127 Å². The number of sulfonamides is 1. The Morgan fingerprint density at radius 1 is 1.24 bits per heavy atom. The van der Waals surface area contributed by atoms with Crippen molar-refractivity contribution in [3.63, 3.8) is 0 Å². The monoisotopic (exact) mass is 321 g/mol. The maximum absolute atomic E-state index is 12.2. The van der Waals surface area contributed by atoms with E-state index in [1.54, 1.807) is 29.6 Å². The number of rotatable bonds is 4. The number of thiophene rings is 1. The number of amidine groups is 1. The van der Waals surface area contributed by atoms with Gasteiger partial charge in [0.15, 0.2) is 0 Å². The van der Waals surface area contributed by atoms with Crippen molar-refractivity contribution in [1.82, 2.24) is 5.32 Å². The normalized spacial score (nSPS) is 15.1. The molecule has 0 amide bonds. The molecule has 2 aromatic rings. The highest BCUT2D eigenvalue weighted by Gasteiger charge is 2.16. The van der Waals surface area contributed by atoms with Gasteiger partial charge in [-0.2, -0.15) is 0 Å². The minimum Gasteiger partial charge on any atom is -0.370 e. The summed E-state index contributed by atoms with van der Waals surface area (Å²) in [6, 6.07) is 10.6. The second-order valence-electron chi connectivity index (χ2n) is 4.63. The van der Waals surface area contributed by atoms with Gasteiger partial charge in [0.2, 0.25) is 0 Å². The molecule has 2 heterocycles. The lowest BCUT2D eigenvalue weighted by Gasteiger charge is -2.15. The summed E-state index contributed by atoms with van der Waals surface area (Å²) >= 11 is 1.19. The van der Waals surface area contributed by atoms with Gasteiger partial charge < -0.3 is 5.32 Å². The summed E-state index contributed by atoms with van der Waals surface area (Å²) in [6.45, 7) is 1.69. The molecule has 0 fully saturated rings. The molecule has 110 valence electrons. The van der Waals surface area contributed by atoms with Crippen LogP contribution in [0.3, 0.4) is 0 Å². The lowest BCUT2D eigenvalue weighted by molar-refractivity contribution is 0.603. The summed E-state index contributed by atoms with van der Waals surface area (Å²) in [5.74, 6) is 0.818. The first-order valence-corrected chi connectivity index (χ1v) is 8.96. The molecule has 0 saturated heterocycles. The number of hydrogen-bond donors (Lipinski definition) is 2. The van der Waals surface area contributed by atoms with Crippen LogP contribution in [0.5, 0.6) is 0 Å². The van der Waals surface area contributed by atoms with Gasteiger partial charge in [-0.1, -0.05) is 18.2 Å². The van der Waals surface area contributed by atoms with E-state index in [1.165, 1.54) is 11.3 Å². The third-order valence-corrected chi connectivity index (χ3v) is 5.82. The highest BCUT2D eigenvalue weighted by molar-refractivity contribution is 7.94. The fourth-order valence-corrected chi connectivity index (χ4v) is 4.12. The SMILES string of the molecule is O=S(=O)(Nc1cccc(C2=NCCCN2)c1)c1cccs1. The quantitative estimate of drug-likeness (QED) is 0.907. The summed E-state index contributed by atoms with van der Waals surface area (Å²) in [5.41, 5.74) is 1.43. The number of nitrogens with one attached hydrogen (secondary N) is 2. The molecule has 1 aromatic carbocycles. The van der Waals surface area contributed by atoms with E-state index < -0.39 is 10.0 Å². The van der Waals surface area contributed by atoms with Crippen LogP contribution in [-0.2, 0) is 10.0 Å². The second-order valence-corrected chi connectivity index (χ2v) is 7.49. The van der Waals surface area contributed by atoms with Gasteiger partial charge in [-0.05, 0) is 30.0 Å². The third-order valence-electron chi connectivity index (χ3n) is 3.05. The molecule has 0 atom stereocenters. The van der Waals surface area contributed by atoms with Crippen molar-refractivity contribution in [2.75, 3.05) is 17.8 Å². The van der Waals surface area contributed by atoms with E-state index in [0.717, 1.165) is 30.9 Å². The molecule has 3 rings (SSSR count). The van der Waals surface area contributed by atoms with Gasteiger partial charge in [-0.25, -0.2) is 8.42 Å². The highest BCUT2D eigenvalue weighted by Crippen LogP contribution is 2.21. The van der Waals surface area contributed by atoms with E-state index in [0.29, 0.717) is 9.90 Å². The molecule has 1 aliphatic rings. The Morgan fingerprint density at radius 2 is 2.14 bits per heavy atom. The molecule has 0 bridgehead atoms. The molecule has 1 aromatic heterocycles. The van der Waals surface area contributed by atoms with Gasteiger partial charge in [0.1, 0.15) is 10.0 Å². The van der Waals surface area contributed by atoms with Crippen LogP contribution >= 0.6 is 11.3 Å². The van der Waals surface area contributed by atoms with E-state index >= 15 is 0 Å². The van der Waals surface area contributed by atoms with E-state index in [1.807, 2.05) is 12.1 Å². The lowest BCUT2D eigenvalue weighted by Crippen LogP contribution is -2.30. The van der Waals surface area contributed by atoms with Crippen molar-refractivity contribution >= 4 is 32.9 Å². The first-order chi connectivity index (χ1) is 10.1. The van der Waals surface area contributed by atoms with Crippen molar-refractivity contribution in [1.29, 1.82) is 0 Å². The van der Waals surface area contributed by atoms with Gasteiger partial charge in [0.05, 0.1) is 0 Å². The standard InChI is InChI=1S/C14H15N3O2S2/c18-21(19,13-6-2-9-20-13)17-12-5-1-4-11(10-12)14-15-7-3-8-16-14/h1-2,4-6,9-10,17H,3,7-8H2,(H,15,16). The number of benzene rings is 1. The number of hydrogen-bond acceptors (Lipinski definition) is 5. The fraction of sp³-hybridized carbons (Fsp3) is 0.214. The highest BCUT2D eigenvalue weighted by atomic mass is 32.2. The van der Waals surface area contributed by atoms with Crippen molar-refractivity contribution < 1.29 is 8.42 Å². The van der Waals surface area contributed by atoms with Gasteiger partial charge >= 0.3 is 0 Å². The Balaban J connectivity index is 1.85. The van der Waals surface area contributed by atoms with Crippen molar-refractivity contribution in [3.8, 4) is 0 Å². The summed E-state index contributed by atoms with van der Waals surface area (Å²) in [6.07, 6.45) is 1.02. The van der Waals surface area contributed by atoms with Crippen LogP contribution < -0.4 is 10.0 Å². The van der Waals surface area contributed by atoms with Crippen LogP contribution in [0.1, 0.15) is 12.0 Å². The molecule has 2 N–H and O–H groups in total. The fourth-order valence-electron chi connectivity index (χ4n) is 2.08. The average Bonchev–Trinajstić information content (AvgIpc) is 3.03. The minimum atomic E-state index is -3.51. The topological polar surface area (TPSA) is 70.6 Å². The Morgan fingerprint density at radius 3 is 2.86 bits per heavy atom. The minimum absolute atomic E-state index is 0.307. The molecule has 0 unspecified atom stereocenters. The summed E-state index contributed by atoms with van der Waals surface area (Å²) < 4.78 is 27.3. The number of anilines is 1. The molecule has 0 radical (unpaired) electrons. The number of aliphatic imine (C=N–C) groups is 1. The summed E-state index contributed by atoms with van der Waals surface area (Å²) in [5, 5.41) is 4.97. The van der Waals surface area contributed by atoms with E-state index in [4.69, 9.17) is 0 Å². The molecule has 7 heteroatoms. The molecule has 0 saturated carbocycles. The predicted molar refractivity (Wildman–Crippen MR) is 85.6 cm³/mol. The Bertz CT molecular complexity index is 752. The lowest BCUT2D eigenvalue weighted by atomic mass is 10.1. The zero-order chi connectivity index (χ0) is 14.7. The molecular weight excluding hydrogens is 306 g/mol. The molecule has 1 aliphatic heterocycles. The smallest absolute Gasteiger partial charge is 0.271 e. The van der Waals surface area contributed by atoms with Crippen LogP contribution in [0, 0.1) is 0 Å². The van der Waals surface area contributed by atoms with Crippen LogP contribution in [-0.4, -0.2) is 27.3 Å². The van der Waals surface area contributed by atoms with Crippen molar-refractivity contribution in [2.45, 2.75) is 10.6 Å². The zero-order valence-corrected chi connectivity index (χ0v) is 12.9. The molecule has 0 spiro atoms. The molecule has 5 nitrogen and oxygen atoms in total. The maximum atomic E-state index is 12.2. The predicted octanol–water partition coefficient (Wildman–Crippen LogP) is 2.29. The number of nitrogens with zero attached hydrogens (tertiary/aromatic N) is 1. The largest absolute Gasteiger partial charge is 0.370 e. The molecule has 21 heavy (non-hydrogen) atoms. The van der Waals surface area contributed by atoms with Gasteiger partial charge in [0.25, 0.3) is 10.0 Å². The van der Waals surface area contributed by atoms with E-state index in [2.05, 4.69) is 15.0 Å².